The number of nitrogens with one attached hydrogen (secondary N) is 1. The third-order valence-corrected chi connectivity index (χ3v) is 2.38. The summed E-state index contributed by atoms with van der Waals surface area (Å²) in [5, 5.41) is 2.96. The third-order valence-electron chi connectivity index (χ3n) is 2.38. The monoisotopic (exact) mass is 214 g/mol. The van der Waals surface area contributed by atoms with Crippen LogP contribution in [0.25, 0.3) is 0 Å². The molecule has 0 bridgehead atoms. The maximum absolute atomic E-state index is 13.4. The topological polar surface area (TPSA) is 38.0 Å². The second kappa shape index (κ2) is 5.78. The molecule has 15 heavy (non-hydrogen) atoms. The van der Waals surface area contributed by atoms with E-state index in [0.29, 0.717) is 18.5 Å². The second-order valence-electron chi connectivity index (χ2n) is 3.44. The van der Waals surface area contributed by atoms with Crippen molar-refractivity contribution < 1.29 is 8.78 Å². The van der Waals surface area contributed by atoms with Gasteiger partial charge in [-0.1, -0.05) is 0 Å². The van der Waals surface area contributed by atoms with Crippen LogP contribution in [0.2, 0.25) is 0 Å². The minimum Gasteiger partial charge on any atom is -0.330 e. The van der Waals surface area contributed by atoms with Crippen molar-refractivity contribution in [3.05, 3.63) is 35.4 Å². The highest BCUT2D eigenvalue weighted by molar-refractivity contribution is 5.22. The number of hydrogen-bond donors (Lipinski definition) is 2. The Labute approximate surface area is 88.5 Å². The summed E-state index contributed by atoms with van der Waals surface area (Å²) in [5.74, 6) is -0.799. The molecule has 84 valence electrons. The Morgan fingerprint density at radius 1 is 1.40 bits per heavy atom. The van der Waals surface area contributed by atoms with E-state index in [9.17, 15) is 8.78 Å². The van der Waals surface area contributed by atoms with Crippen molar-refractivity contribution in [3.63, 3.8) is 0 Å². The van der Waals surface area contributed by atoms with E-state index < -0.39 is 5.82 Å². The van der Waals surface area contributed by atoms with Crippen molar-refractivity contribution in [2.24, 2.45) is 5.73 Å². The lowest BCUT2D eigenvalue weighted by atomic mass is 10.0. The van der Waals surface area contributed by atoms with Crippen LogP contribution in [0, 0.1) is 11.6 Å². The zero-order valence-electron chi connectivity index (χ0n) is 8.76. The molecule has 3 N–H and O–H groups in total. The minimum absolute atomic E-state index is 0.177. The van der Waals surface area contributed by atoms with Gasteiger partial charge in [0.15, 0.2) is 0 Å². The van der Waals surface area contributed by atoms with Gasteiger partial charge in [-0.25, -0.2) is 8.78 Å². The summed E-state index contributed by atoms with van der Waals surface area (Å²) in [6.45, 7) is 0.551. The largest absolute Gasteiger partial charge is 0.330 e. The minimum atomic E-state index is -0.417. The molecule has 1 unspecified atom stereocenters. The number of halogens is 2. The van der Waals surface area contributed by atoms with Gasteiger partial charge in [0.2, 0.25) is 0 Å². The molecule has 2 nitrogen and oxygen atoms in total. The first-order chi connectivity index (χ1) is 7.19. The van der Waals surface area contributed by atoms with Gasteiger partial charge in [-0.05, 0) is 44.6 Å². The molecule has 0 spiro atoms. The van der Waals surface area contributed by atoms with E-state index in [2.05, 4.69) is 5.32 Å². The normalized spacial score (nSPS) is 12.8. The van der Waals surface area contributed by atoms with E-state index in [-0.39, 0.29) is 11.9 Å². The summed E-state index contributed by atoms with van der Waals surface area (Å²) < 4.78 is 26.3. The van der Waals surface area contributed by atoms with Gasteiger partial charge in [-0.3, -0.25) is 0 Å². The Bertz CT molecular complexity index is 315. The van der Waals surface area contributed by atoms with E-state index in [1.54, 1.807) is 7.05 Å². The van der Waals surface area contributed by atoms with E-state index in [1.807, 2.05) is 0 Å². The molecule has 0 saturated carbocycles. The molecule has 0 radical (unpaired) electrons. The fraction of sp³-hybridized carbons (Fsp3) is 0.455. The van der Waals surface area contributed by atoms with Crippen molar-refractivity contribution >= 4 is 0 Å². The average molecular weight is 214 g/mol. The molecule has 0 aliphatic heterocycles. The lowest BCUT2D eigenvalue weighted by Gasteiger charge is -2.16. The molecule has 1 aromatic rings. The van der Waals surface area contributed by atoms with Gasteiger partial charge in [-0.15, -0.1) is 0 Å². The van der Waals surface area contributed by atoms with Crippen molar-refractivity contribution in [2.45, 2.75) is 18.9 Å². The van der Waals surface area contributed by atoms with Crippen LogP contribution in [0.3, 0.4) is 0 Å². The van der Waals surface area contributed by atoms with Gasteiger partial charge < -0.3 is 11.1 Å². The molecule has 0 saturated heterocycles. The van der Waals surface area contributed by atoms with Gasteiger partial charge in [0.25, 0.3) is 0 Å². The first kappa shape index (κ1) is 12.1. The SMILES string of the molecule is CNC(CCCN)c1cc(F)ccc1F. The van der Waals surface area contributed by atoms with Crippen molar-refractivity contribution in [3.8, 4) is 0 Å². The molecule has 1 atom stereocenters. The maximum atomic E-state index is 13.4. The smallest absolute Gasteiger partial charge is 0.128 e. The van der Waals surface area contributed by atoms with E-state index in [1.165, 1.54) is 6.07 Å². The van der Waals surface area contributed by atoms with Crippen LogP contribution in [0.15, 0.2) is 18.2 Å². The van der Waals surface area contributed by atoms with E-state index >= 15 is 0 Å². The Kier molecular flexibility index (Phi) is 4.65. The number of rotatable bonds is 5. The summed E-state index contributed by atoms with van der Waals surface area (Å²) in [6, 6.07) is 3.32. The van der Waals surface area contributed by atoms with Crippen molar-refractivity contribution in [1.29, 1.82) is 0 Å². The van der Waals surface area contributed by atoms with Crippen molar-refractivity contribution in [1.82, 2.24) is 5.32 Å². The van der Waals surface area contributed by atoms with Gasteiger partial charge in [0.05, 0.1) is 0 Å². The predicted octanol–water partition coefficient (Wildman–Crippen LogP) is 1.96. The molecule has 0 fully saturated rings. The van der Waals surface area contributed by atoms with E-state index in [4.69, 9.17) is 5.73 Å². The maximum Gasteiger partial charge on any atom is 0.128 e. The summed E-state index contributed by atoms with van der Waals surface area (Å²) >= 11 is 0. The van der Waals surface area contributed by atoms with Gasteiger partial charge in [-0.2, -0.15) is 0 Å². The Morgan fingerprint density at radius 3 is 2.73 bits per heavy atom. The zero-order chi connectivity index (χ0) is 11.3. The van der Waals surface area contributed by atoms with Crippen LogP contribution in [0.4, 0.5) is 8.78 Å². The lowest BCUT2D eigenvalue weighted by molar-refractivity contribution is 0.491. The van der Waals surface area contributed by atoms with Crippen molar-refractivity contribution in [2.75, 3.05) is 13.6 Å². The molecule has 0 aromatic heterocycles. The standard InChI is InChI=1S/C11H16F2N2/c1-15-11(3-2-6-14)9-7-8(12)4-5-10(9)13/h4-5,7,11,15H,2-3,6,14H2,1H3. The molecule has 0 amide bonds. The first-order valence-electron chi connectivity index (χ1n) is 5.01. The summed E-state index contributed by atoms with van der Waals surface area (Å²) in [6.07, 6.45) is 1.48. The zero-order valence-corrected chi connectivity index (χ0v) is 8.76. The third kappa shape index (κ3) is 3.25. The van der Waals surface area contributed by atoms with Crippen LogP contribution in [-0.4, -0.2) is 13.6 Å². The first-order valence-corrected chi connectivity index (χ1v) is 5.01. The Hall–Kier alpha value is -1.00. The lowest BCUT2D eigenvalue weighted by Crippen LogP contribution is -2.19. The Balaban J connectivity index is 2.85. The highest BCUT2D eigenvalue weighted by Gasteiger charge is 2.14. The van der Waals surface area contributed by atoms with Crippen LogP contribution < -0.4 is 11.1 Å². The highest BCUT2D eigenvalue weighted by atomic mass is 19.1. The average Bonchev–Trinajstić information content (AvgIpc) is 2.24. The Morgan fingerprint density at radius 2 is 2.13 bits per heavy atom. The second-order valence-corrected chi connectivity index (χ2v) is 3.44. The van der Waals surface area contributed by atoms with Gasteiger partial charge in [0, 0.05) is 11.6 Å². The van der Waals surface area contributed by atoms with Crippen LogP contribution in [0.1, 0.15) is 24.4 Å². The molecule has 0 aliphatic rings. The number of nitrogens with two attached hydrogens (primary N) is 1. The molecule has 1 aromatic carbocycles. The van der Waals surface area contributed by atoms with Crippen LogP contribution in [-0.2, 0) is 0 Å². The number of benzene rings is 1. The molecule has 0 aliphatic carbocycles. The summed E-state index contributed by atoms with van der Waals surface area (Å²) in [7, 11) is 1.73. The van der Waals surface area contributed by atoms with E-state index in [0.717, 1.165) is 18.6 Å². The quantitative estimate of drug-likeness (QED) is 0.786. The summed E-state index contributed by atoms with van der Waals surface area (Å²) in [5.41, 5.74) is 5.75. The summed E-state index contributed by atoms with van der Waals surface area (Å²) in [4.78, 5) is 0. The van der Waals surface area contributed by atoms with Crippen LogP contribution in [0.5, 0.6) is 0 Å². The molecule has 1 rings (SSSR count). The predicted molar refractivity (Wildman–Crippen MR) is 56.4 cm³/mol. The van der Waals surface area contributed by atoms with Gasteiger partial charge >= 0.3 is 0 Å². The fourth-order valence-electron chi connectivity index (χ4n) is 1.56. The highest BCUT2D eigenvalue weighted by Crippen LogP contribution is 2.21. The molecule has 4 heteroatoms. The molecule has 0 heterocycles. The van der Waals surface area contributed by atoms with Gasteiger partial charge in [0.1, 0.15) is 11.6 Å². The molecular formula is C11H16F2N2. The number of hydrogen-bond acceptors (Lipinski definition) is 2. The van der Waals surface area contributed by atoms with Crippen LogP contribution >= 0.6 is 0 Å². The fourth-order valence-corrected chi connectivity index (χ4v) is 1.56. The molecular weight excluding hydrogens is 198 g/mol.